The topological polar surface area (TPSA) is 49.4 Å². The molecule has 5 heteroatoms. The summed E-state index contributed by atoms with van der Waals surface area (Å²) in [4.78, 5) is 25.4. The highest BCUT2D eigenvalue weighted by atomic mass is 32.1. The molecule has 1 aliphatic heterocycles. The fourth-order valence-electron chi connectivity index (χ4n) is 2.15. The molecule has 0 spiro atoms. The van der Waals surface area contributed by atoms with Crippen molar-refractivity contribution < 1.29 is 9.59 Å². The van der Waals surface area contributed by atoms with E-state index in [1.807, 2.05) is 35.7 Å². The van der Waals surface area contributed by atoms with E-state index in [2.05, 4.69) is 5.32 Å². The number of anilines is 1. The molecule has 0 bridgehead atoms. The van der Waals surface area contributed by atoms with Crippen molar-refractivity contribution in [1.82, 2.24) is 5.32 Å². The minimum absolute atomic E-state index is 0.188. The van der Waals surface area contributed by atoms with E-state index in [0.29, 0.717) is 12.1 Å². The number of rotatable bonds is 3. The van der Waals surface area contributed by atoms with Gasteiger partial charge in [0.25, 0.3) is 5.91 Å². The van der Waals surface area contributed by atoms with Crippen LogP contribution in [0, 0.1) is 0 Å². The minimum Gasteiger partial charge on any atom is -0.325 e. The van der Waals surface area contributed by atoms with Crippen LogP contribution in [0.3, 0.4) is 0 Å². The standard InChI is InChI=1S/C14H12N2O2S/c17-13-12(8-10-4-2-1-3-5-10)15-14(18)16(13)11-6-7-19-9-11/h1-7,9,12H,8H2,(H,15,18)/t12-/m0/s1. The summed E-state index contributed by atoms with van der Waals surface area (Å²) in [5.74, 6) is -0.188. The van der Waals surface area contributed by atoms with E-state index in [4.69, 9.17) is 0 Å². The van der Waals surface area contributed by atoms with Crippen molar-refractivity contribution >= 4 is 29.0 Å². The van der Waals surface area contributed by atoms with Crippen LogP contribution in [0.2, 0.25) is 0 Å². The summed E-state index contributed by atoms with van der Waals surface area (Å²) in [7, 11) is 0. The van der Waals surface area contributed by atoms with Crippen LogP contribution in [0.15, 0.2) is 47.2 Å². The second-order valence-corrected chi connectivity index (χ2v) is 5.13. The van der Waals surface area contributed by atoms with E-state index in [1.54, 1.807) is 11.4 Å². The van der Waals surface area contributed by atoms with Crippen LogP contribution >= 0.6 is 11.3 Å². The predicted molar refractivity (Wildman–Crippen MR) is 74.3 cm³/mol. The first-order valence-corrected chi connectivity index (χ1v) is 6.90. The van der Waals surface area contributed by atoms with E-state index >= 15 is 0 Å². The van der Waals surface area contributed by atoms with E-state index < -0.39 is 6.04 Å². The Morgan fingerprint density at radius 3 is 2.63 bits per heavy atom. The average molecular weight is 272 g/mol. The summed E-state index contributed by atoms with van der Waals surface area (Å²) in [6.45, 7) is 0. The van der Waals surface area contributed by atoms with Gasteiger partial charge in [0.15, 0.2) is 0 Å². The van der Waals surface area contributed by atoms with Gasteiger partial charge in [0.05, 0.1) is 5.69 Å². The van der Waals surface area contributed by atoms with Crippen LogP contribution in [-0.2, 0) is 11.2 Å². The van der Waals surface area contributed by atoms with E-state index in [1.165, 1.54) is 16.2 Å². The summed E-state index contributed by atoms with van der Waals surface area (Å²) >= 11 is 1.46. The first kappa shape index (κ1) is 11.9. The maximum absolute atomic E-state index is 12.3. The molecule has 0 aliphatic carbocycles. The van der Waals surface area contributed by atoms with Gasteiger partial charge in [-0.25, -0.2) is 9.69 Å². The molecule has 1 aromatic heterocycles. The summed E-state index contributed by atoms with van der Waals surface area (Å²) in [5, 5.41) is 6.37. The molecule has 19 heavy (non-hydrogen) atoms. The highest BCUT2D eigenvalue weighted by molar-refractivity contribution is 7.08. The van der Waals surface area contributed by atoms with Crippen LogP contribution in [0.5, 0.6) is 0 Å². The summed E-state index contributed by atoms with van der Waals surface area (Å²) in [6, 6.07) is 10.6. The number of nitrogens with one attached hydrogen (secondary N) is 1. The average Bonchev–Trinajstić information content (AvgIpc) is 3.01. The maximum atomic E-state index is 12.3. The Bertz CT molecular complexity index is 595. The number of hydrogen-bond acceptors (Lipinski definition) is 3. The number of benzene rings is 1. The molecule has 0 unspecified atom stereocenters. The molecule has 96 valence electrons. The molecule has 1 fully saturated rings. The van der Waals surface area contributed by atoms with Crippen LogP contribution in [0.4, 0.5) is 10.5 Å². The zero-order valence-corrected chi connectivity index (χ0v) is 10.9. The minimum atomic E-state index is -0.477. The monoisotopic (exact) mass is 272 g/mol. The van der Waals surface area contributed by atoms with Gasteiger partial charge in [-0.15, -0.1) is 0 Å². The second-order valence-electron chi connectivity index (χ2n) is 4.35. The van der Waals surface area contributed by atoms with Crippen molar-refractivity contribution in [1.29, 1.82) is 0 Å². The lowest BCUT2D eigenvalue weighted by Gasteiger charge is -2.10. The molecular formula is C14H12N2O2S. The normalized spacial score (nSPS) is 18.7. The second kappa shape index (κ2) is 4.85. The first-order valence-electron chi connectivity index (χ1n) is 5.96. The number of carbonyl (C=O) groups excluding carboxylic acids is 2. The molecule has 1 saturated heterocycles. The zero-order valence-electron chi connectivity index (χ0n) is 10.1. The molecule has 1 atom stereocenters. The molecule has 0 radical (unpaired) electrons. The van der Waals surface area contributed by atoms with Gasteiger partial charge < -0.3 is 5.32 Å². The molecule has 4 nitrogen and oxygen atoms in total. The van der Waals surface area contributed by atoms with Crippen molar-refractivity contribution in [2.75, 3.05) is 4.90 Å². The Labute approximate surface area is 114 Å². The van der Waals surface area contributed by atoms with Crippen LogP contribution in [-0.4, -0.2) is 18.0 Å². The molecule has 2 heterocycles. The highest BCUT2D eigenvalue weighted by Gasteiger charge is 2.38. The van der Waals surface area contributed by atoms with Gasteiger partial charge in [-0.3, -0.25) is 4.79 Å². The van der Waals surface area contributed by atoms with Gasteiger partial charge in [0, 0.05) is 11.8 Å². The molecule has 2 aromatic rings. The van der Waals surface area contributed by atoms with Crippen molar-refractivity contribution in [3.63, 3.8) is 0 Å². The number of amides is 3. The van der Waals surface area contributed by atoms with Crippen molar-refractivity contribution in [2.24, 2.45) is 0 Å². The Morgan fingerprint density at radius 1 is 1.16 bits per heavy atom. The largest absolute Gasteiger partial charge is 0.329 e. The first-order chi connectivity index (χ1) is 9.25. The SMILES string of the molecule is O=C1N[C@@H](Cc2ccccc2)C(=O)N1c1ccsc1. The van der Waals surface area contributed by atoms with E-state index in [9.17, 15) is 9.59 Å². The van der Waals surface area contributed by atoms with Gasteiger partial charge in [-0.05, 0) is 17.0 Å². The van der Waals surface area contributed by atoms with Crippen molar-refractivity contribution in [3.8, 4) is 0 Å². The van der Waals surface area contributed by atoms with Gasteiger partial charge in [0.1, 0.15) is 6.04 Å². The third-order valence-corrected chi connectivity index (χ3v) is 3.74. The van der Waals surface area contributed by atoms with Crippen LogP contribution in [0.25, 0.3) is 0 Å². The molecule has 1 N–H and O–H groups in total. The summed E-state index contributed by atoms with van der Waals surface area (Å²) in [6.07, 6.45) is 0.520. The fourth-order valence-corrected chi connectivity index (χ4v) is 2.77. The third kappa shape index (κ3) is 2.24. The molecule has 3 rings (SSSR count). The Morgan fingerprint density at radius 2 is 1.95 bits per heavy atom. The van der Waals surface area contributed by atoms with E-state index in [-0.39, 0.29) is 11.9 Å². The quantitative estimate of drug-likeness (QED) is 0.872. The molecular weight excluding hydrogens is 260 g/mol. The number of urea groups is 1. The lowest BCUT2D eigenvalue weighted by atomic mass is 10.1. The molecule has 1 aromatic carbocycles. The smallest absolute Gasteiger partial charge is 0.325 e. The number of nitrogens with zero attached hydrogens (tertiary/aromatic N) is 1. The van der Waals surface area contributed by atoms with Crippen LogP contribution < -0.4 is 10.2 Å². The lowest BCUT2D eigenvalue weighted by Crippen LogP contribution is -2.32. The fraction of sp³-hybridized carbons (Fsp3) is 0.143. The Kier molecular flexibility index (Phi) is 3.05. The molecule has 1 aliphatic rings. The zero-order chi connectivity index (χ0) is 13.2. The van der Waals surface area contributed by atoms with Gasteiger partial charge in [-0.2, -0.15) is 11.3 Å². The number of carbonyl (C=O) groups is 2. The lowest BCUT2D eigenvalue weighted by molar-refractivity contribution is -0.118. The highest BCUT2D eigenvalue weighted by Crippen LogP contribution is 2.23. The van der Waals surface area contributed by atoms with Gasteiger partial charge >= 0.3 is 6.03 Å². The summed E-state index contributed by atoms with van der Waals surface area (Å²) < 4.78 is 0. The predicted octanol–water partition coefficient (Wildman–Crippen LogP) is 2.42. The third-order valence-electron chi connectivity index (χ3n) is 3.07. The Hall–Kier alpha value is -2.14. The van der Waals surface area contributed by atoms with Crippen LogP contribution in [0.1, 0.15) is 5.56 Å². The molecule has 0 saturated carbocycles. The Balaban J connectivity index is 1.79. The number of hydrogen-bond donors (Lipinski definition) is 1. The number of thiophene rings is 1. The maximum Gasteiger partial charge on any atom is 0.329 e. The van der Waals surface area contributed by atoms with Gasteiger partial charge in [-0.1, -0.05) is 30.3 Å². The molecule has 3 amide bonds. The van der Waals surface area contributed by atoms with Gasteiger partial charge in [0.2, 0.25) is 0 Å². The van der Waals surface area contributed by atoms with E-state index in [0.717, 1.165) is 5.56 Å². The summed E-state index contributed by atoms with van der Waals surface area (Å²) in [5.41, 5.74) is 1.68. The number of imide groups is 1. The van der Waals surface area contributed by atoms with Crippen molar-refractivity contribution in [3.05, 3.63) is 52.7 Å². The van der Waals surface area contributed by atoms with Crippen molar-refractivity contribution in [2.45, 2.75) is 12.5 Å².